The number of hydrogen-bond acceptors (Lipinski definition) is 4. The number of hydrogen-bond donors (Lipinski definition) is 1. The van der Waals surface area contributed by atoms with Crippen LogP contribution in [0, 0.1) is 12.8 Å². The Kier molecular flexibility index (Phi) is 4.31. The second kappa shape index (κ2) is 5.97. The van der Waals surface area contributed by atoms with E-state index in [4.69, 9.17) is 0 Å². The quantitative estimate of drug-likeness (QED) is 0.911. The van der Waals surface area contributed by atoms with E-state index < -0.39 is 0 Å². The smallest absolute Gasteiger partial charge is 0.261 e. The first-order valence-electron chi connectivity index (χ1n) is 6.27. The van der Waals surface area contributed by atoms with E-state index in [0.29, 0.717) is 12.5 Å². The predicted octanol–water partition coefficient (Wildman–Crippen LogP) is 2.10. The molecule has 0 aromatic carbocycles. The van der Waals surface area contributed by atoms with Gasteiger partial charge in [0, 0.05) is 11.1 Å². The summed E-state index contributed by atoms with van der Waals surface area (Å²) in [6.07, 6.45) is 3.44. The predicted molar refractivity (Wildman–Crippen MR) is 75.2 cm³/mol. The molecule has 0 saturated carbocycles. The Morgan fingerprint density at radius 2 is 2.26 bits per heavy atom. The first-order valence-corrected chi connectivity index (χ1v) is 7.09. The van der Waals surface area contributed by atoms with Gasteiger partial charge >= 0.3 is 0 Å². The van der Waals surface area contributed by atoms with Crippen LogP contribution in [0.15, 0.2) is 24.5 Å². The molecule has 1 atom stereocenters. The summed E-state index contributed by atoms with van der Waals surface area (Å²) in [5.41, 5.74) is 0. The Hall–Kier alpha value is -1.69. The van der Waals surface area contributed by atoms with E-state index in [0.717, 1.165) is 9.75 Å². The normalized spacial score (nSPS) is 12.6. The molecule has 0 unspecified atom stereocenters. The van der Waals surface area contributed by atoms with Crippen molar-refractivity contribution in [3.63, 3.8) is 0 Å². The van der Waals surface area contributed by atoms with Gasteiger partial charge in [-0.2, -0.15) is 0 Å². The molecule has 2 heterocycles. The SMILES string of the molecule is Cc1ccc(C(=O)N[C@H](Cn2ccnn2)C(C)C)s1. The van der Waals surface area contributed by atoms with Crippen molar-refractivity contribution in [2.24, 2.45) is 5.92 Å². The standard InChI is InChI=1S/C13H18N4OS/c1-9(2)11(8-17-7-6-14-16-17)15-13(18)12-5-4-10(3)19-12/h4-7,9,11H,8H2,1-3H3,(H,15,18)/t11-/m1/s1. The van der Waals surface area contributed by atoms with Crippen molar-refractivity contribution in [2.75, 3.05) is 0 Å². The molecule has 6 heteroatoms. The number of carbonyl (C=O) groups excluding carboxylic acids is 1. The van der Waals surface area contributed by atoms with Gasteiger partial charge in [-0.15, -0.1) is 16.4 Å². The van der Waals surface area contributed by atoms with Crippen molar-refractivity contribution < 1.29 is 4.79 Å². The molecule has 19 heavy (non-hydrogen) atoms. The number of nitrogens with one attached hydrogen (secondary N) is 1. The zero-order valence-corrected chi connectivity index (χ0v) is 12.1. The number of thiophene rings is 1. The van der Waals surface area contributed by atoms with E-state index >= 15 is 0 Å². The maximum Gasteiger partial charge on any atom is 0.261 e. The second-order valence-electron chi connectivity index (χ2n) is 4.86. The summed E-state index contributed by atoms with van der Waals surface area (Å²) in [6.45, 7) is 6.80. The van der Waals surface area contributed by atoms with E-state index in [2.05, 4.69) is 29.5 Å². The Labute approximate surface area is 116 Å². The summed E-state index contributed by atoms with van der Waals surface area (Å²) in [5, 5.41) is 10.8. The van der Waals surface area contributed by atoms with Crippen LogP contribution in [0.5, 0.6) is 0 Å². The minimum atomic E-state index is -0.0167. The van der Waals surface area contributed by atoms with Gasteiger partial charge in [0.05, 0.1) is 23.7 Å². The van der Waals surface area contributed by atoms with E-state index in [-0.39, 0.29) is 11.9 Å². The minimum absolute atomic E-state index is 0.0167. The molecule has 1 amide bonds. The van der Waals surface area contributed by atoms with Crippen molar-refractivity contribution in [1.29, 1.82) is 0 Å². The maximum atomic E-state index is 12.2. The fraction of sp³-hybridized carbons (Fsp3) is 0.462. The summed E-state index contributed by atoms with van der Waals surface area (Å²) < 4.78 is 1.74. The molecule has 0 aliphatic carbocycles. The molecule has 0 aliphatic heterocycles. The van der Waals surface area contributed by atoms with Crippen molar-refractivity contribution >= 4 is 17.2 Å². The molecule has 2 rings (SSSR count). The number of nitrogens with zero attached hydrogens (tertiary/aromatic N) is 3. The summed E-state index contributed by atoms with van der Waals surface area (Å²) in [6, 6.07) is 3.86. The van der Waals surface area contributed by atoms with Crippen LogP contribution in [-0.4, -0.2) is 26.9 Å². The van der Waals surface area contributed by atoms with Crippen molar-refractivity contribution in [3.05, 3.63) is 34.3 Å². The molecule has 0 radical (unpaired) electrons. The van der Waals surface area contributed by atoms with Gasteiger partial charge in [0.1, 0.15) is 0 Å². The van der Waals surface area contributed by atoms with E-state index in [1.807, 2.05) is 19.1 Å². The molecular formula is C13H18N4OS. The zero-order chi connectivity index (χ0) is 13.8. The lowest BCUT2D eigenvalue weighted by molar-refractivity contribution is 0.0923. The number of carbonyl (C=O) groups is 1. The van der Waals surface area contributed by atoms with Gasteiger partial charge in [0.25, 0.3) is 5.91 Å². The summed E-state index contributed by atoms with van der Waals surface area (Å²) in [5.74, 6) is 0.311. The highest BCUT2D eigenvalue weighted by Gasteiger charge is 2.18. The van der Waals surface area contributed by atoms with Crippen LogP contribution >= 0.6 is 11.3 Å². The average Bonchev–Trinajstić information content (AvgIpc) is 2.99. The molecule has 0 saturated heterocycles. The summed E-state index contributed by atoms with van der Waals surface area (Å²) >= 11 is 1.51. The Morgan fingerprint density at radius 3 is 2.79 bits per heavy atom. The third kappa shape index (κ3) is 3.64. The topological polar surface area (TPSA) is 59.8 Å². The van der Waals surface area contributed by atoms with Gasteiger partial charge in [-0.3, -0.25) is 9.48 Å². The summed E-state index contributed by atoms with van der Waals surface area (Å²) in [4.78, 5) is 14.0. The second-order valence-corrected chi connectivity index (χ2v) is 6.15. The first kappa shape index (κ1) is 13.7. The Morgan fingerprint density at radius 1 is 1.47 bits per heavy atom. The third-order valence-electron chi connectivity index (χ3n) is 2.94. The van der Waals surface area contributed by atoms with Crippen molar-refractivity contribution in [1.82, 2.24) is 20.3 Å². The summed E-state index contributed by atoms with van der Waals surface area (Å²) in [7, 11) is 0. The van der Waals surface area contributed by atoms with Gasteiger partial charge < -0.3 is 5.32 Å². The molecule has 102 valence electrons. The van der Waals surface area contributed by atoms with E-state index in [1.54, 1.807) is 17.1 Å². The lowest BCUT2D eigenvalue weighted by Crippen LogP contribution is -2.41. The lowest BCUT2D eigenvalue weighted by Gasteiger charge is -2.21. The maximum absolute atomic E-state index is 12.2. The monoisotopic (exact) mass is 278 g/mol. The molecular weight excluding hydrogens is 260 g/mol. The Bertz CT molecular complexity index is 533. The van der Waals surface area contributed by atoms with Crippen LogP contribution in [0.25, 0.3) is 0 Å². The highest BCUT2D eigenvalue weighted by atomic mass is 32.1. The molecule has 2 aromatic heterocycles. The number of rotatable bonds is 5. The number of amides is 1. The largest absolute Gasteiger partial charge is 0.346 e. The first-order chi connectivity index (χ1) is 9.06. The van der Waals surface area contributed by atoms with Gasteiger partial charge in [-0.25, -0.2) is 0 Å². The van der Waals surface area contributed by atoms with E-state index in [9.17, 15) is 4.79 Å². The van der Waals surface area contributed by atoms with Gasteiger partial charge in [-0.05, 0) is 25.0 Å². The fourth-order valence-corrected chi connectivity index (χ4v) is 2.52. The molecule has 0 fully saturated rings. The van der Waals surface area contributed by atoms with Gasteiger partial charge in [-0.1, -0.05) is 19.1 Å². The van der Waals surface area contributed by atoms with E-state index in [1.165, 1.54) is 11.3 Å². The van der Waals surface area contributed by atoms with Crippen molar-refractivity contribution in [3.8, 4) is 0 Å². The van der Waals surface area contributed by atoms with Gasteiger partial charge in [0.2, 0.25) is 0 Å². The highest BCUT2D eigenvalue weighted by Crippen LogP contribution is 2.15. The molecule has 5 nitrogen and oxygen atoms in total. The van der Waals surface area contributed by atoms with Crippen LogP contribution in [0.4, 0.5) is 0 Å². The Balaban J connectivity index is 2.02. The van der Waals surface area contributed by atoms with Crippen LogP contribution < -0.4 is 5.32 Å². The van der Waals surface area contributed by atoms with Crippen LogP contribution in [0.2, 0.25) is 0 Å². The molecule has 0 bridgehead atoms. The molecule has 0 aliphatic rings. The number of aryl methyl sites for hydroxylation is 1. The molecule has 2 aromatic rings. The molecule has 1 N–H and O–H groups in total. The molecule has 0 spiro atoms. The van der Waals surface area contributed by atoms with Crippen LogP contribution in [-0.2, 0) is 6.54 Å². The number of aromatic nitrogens is 3. The van der Waals surface area contributed by atoms with Crippen molar-refractivity contribution in [2.45, 2.75) is 33.4 Å². The zero-order valence-electron chi connectivity index (χ0n) is 11.3. The van der Waals surface area contributed by atoms with Crippen LogP contribution in [0.1, 0.15) is 28.4 Å². The third-order valence-corrected chi connectivity index (χ3v) is 3.94. The van der Waals surface area contributed by atoms with Gasteiger partial charge in [0.15, 0.2) is 0 Å². The highest BCUT2D eigenvalue weighted by molar-refractivity contribution is 7.13. The fourth-order valence-electron chi connectivity index (χ4n) is 1.75. The van der Waals surface area contributed by atoms with Crippen LogP contribution in [0.3, 0.4) is 0 Å². The average molecular weight is 278 g/mol. The lowest BCUT2D eigenvalue weighted by atomic mass is 10.0. The minimum Gasteiger partial charge on any atom is -0.346 e.